The molecule has 4 nitrogen and oxygen atoms in total. The minimum atomic E-state index is 0.0682. The topological polar surface area (TPSA) is 68.3 Å². The minimum absolute atomic E-state index is 0.0682. The second kappa shape index (κ2) is 6.82. The summed E-state index contributed by atoms with van der Waals surface area (Å²) in [5.74, 6) is 1.73. The van der Waals surface area contributed by atoms with Gasteiger partial charge in [-0.3, -0.25) is 5.41 Å². The fourth-order valence-electron chi connectivity index (χ4n) is 2.12. The van der Waals surface area contributed by atoms with E-state index in [9.17, 15) is 0 Å². The van der Waals surface area contributed by atoms with Crippen LogP contribution in [0.3, 0.4) is 0 Å². The maximum absolute atomic E-state index is 7.77. The summed E-state index contributed by atoms with van der Waals surface area (Å²) < 4.78 is 11.3. The van der Waals surface area contributed by atoms with Gasteiger partial charge in [0.15, 0.2) is 0 Å². The highest BCUT2D eigenvalue weighted by Crippen LogP contribution is 2.31. The lowest BCUT2D eigenvalue weighted by molar-refractivity contribution is 0.0254. The van der Waals surface area contributed by atoms with Gasteiger partial charge in [-0.15, -0.1) is 11.8 Å². The average molecular weight is 280 g/mol. The minimum Gasteiger partial charge on any atom is -0.489 e. The van der Waals surface area contributed by atoms with E-state index >= 15 is 0 Å². The number of nitrogen functional groups attached to an aromatic ring is 1. The molecule has 0 amide bonds. The molecular formula is C14H20N2O2S. The highest BCUT2D eigenvalue weighted by molar-refractivity contribution is 7.99. The number of nitrogens with two attached hydrogens (primary N) is 1. The maximum Gasteiger partial charge on any atom is 0.131 e. The Balaban J connectivity index is 2.22. The molecule has 5 heteroatoms. The van der Waals surface area contributed by atoms with Crippen LogP contribution in [0.4, 0.5) is 0 Å². The van der Waals surface area contributed by atoms with Crippen LogP contribution < -0.4 is 10.5 Å². The predicted molar refractivity (Wildman–Crippen MR) is 78.3 cm³/mol. The van der Waals surface area contributed by atoms with Crippen molar-refractivity contribution >= 4 is 17.6 Å². The molecule has 104 valence electrons. The summed E-state index contributed by atoms with van der Waals surface area (Å²) in [6.45, 7) is 3.56. The molecule has 0 saturated carbocycles. The Morgan fingerprint density at radius 3 is 2.84 bits per heavy atom. The van der Waals surface area contributed by atoms with E-state index in [2.05, 4.69) is 6.92 Å². The smallest absolute Gasteiger partial charge is 0.131 e. The lowest BCUT2D eigenvalue weighted by Gasteiger charge is -2.25. The summed E-state index contributed by atoms with van der Waals surface area (Å²) >= 11 is 1.68. The van der Waals surface area contributed by atoms with E-state index in [-0.39, 0.29) is 11.9 Å². The molecule has 1 saturated heterocycles. The van der Waals surface area contributed by atoms with Gasteiger partial charge in [-0.25, -0.2) is 0 Å². The molecule has 0 aliphatic carbocycles. The van der Waals surface area contributed by atoms with Crippen molar-refractivity contribution in [2.24, 2.45) is 5.73 Å². The normalized spacial score (nSPS) is 16.3. The van der Waals surface area contributed by atoms with Crippen LogP contribution in [0.15, 0.2) is 23.1 Å². The molecule has 3 N–H and O–H groups in total. The lowest BCUT2D eigenvalue weighted by atomic mass is 10.1. The Morgan fingerprint density at radius 1 is 1.47 bits per heavy atom. The molecule has 1 aromatic carbocycles. The first kappa shape index (κ1) is 14.2. The van der Waals surface area contributed by atoms with Gasteiger partial charge in [0.2, 0.25) is 0 Å². The van der Waals surface area contributed by atoms with Crippen molar-refractivity contribution in [1.82, 2.24) is 0 Å². The standard InChI is InChI=1S/C14H20N2O2S/c1-2-19-12-5-3-4-11(13(12)14(15)16)18-10-6-8-17-9-7-10/h3-5,10H,2,6-9H2,1H3,(H3,15,16). The molecular weight excluding hydrogens is 260 g/mol. The van der Waals surface area contributed by atoms with Crippen LogP contribution in [0.25, 0.3) is 0 Å². The lowest BCUT2D eigenvalue weighted by Crippen LogP contribution is -2.27. The SMILES string of the molecule is CCSc1cccc(OC2CCOCC2)c1C(=N)N. The molecule has 2 rings (SSSR count). The predicted octanol–water partition coefficient (Wildman–Crippen LogP) is 2.64. The number of hydrogen-bond donors (Lipinski definition) is 2. The van der Waals surface area contributed by atoms with Gasteiger partial charge in [-0.1, -0.05) is 13.0 Å². The van der Waals surface area contributed by atoms with E-state index in [4.69, 9.17) is 20.6 Å². The number of ether oxygens (including phenoxy) is 2. The second-order valence-corrected chi connectivity index (χ2v) is 5.71. The van der Waals surface area contributed by atoms with Crippen molar-refractivity contribution in [3.05, 3.63) is 23.8 Å². The largest absolute Gasteiger partial charge is 0.489 e. The van der Waals surface area contributed by atoms with E-state index in [1.165, 1.54) is 0 Å². The molecule has 1 fully saturated rings. The summed E-state index contributed by atoms with van der Waals surface area (Å²) in [7, 11) is 0. The van der Waals surface area contributed by atoms with E-state index in [0.29, 0.717) is 0 Å². The quantitative estimate of drug-likeness (QED) is 0.494. The zero-order valence-electron chi connectivity index (χ0n) is 11.1. The van der Waals surface area contributed by atoms with Crippen LogP contribution in [0.2, 0.25) is 0 Å². The average Bonchev–Trinajstić information content (AvgIpc) is 2.40. The molecule has 0 atom stereocenters. The van der Waals surface area contributed by atoms with Crippen molar-refractivity contribution in [1.29, 1.82) is 5.41 Å². The highest BCUT2D eigenvalue weighted by atomic mass is 32.2. The van der Waals surface area contributed by atoms with Crippen LogP contribution >= 0.6 is 11.8 Å². The molecule has 1 aliphatic heterocycles. The summed E-state index contributed by atoms with van der Waals surface area (Å²) in [4.78, 5) is 1.01. The fraction of sp³-hybridized carbons (Fsp3) is 0.500. The van der Waals surface area contributed by atoms with E-state index in [1.54, 1.807) is 11.8 Å². The van der Waals surface area contributed by atoms with Gasteiger partial charge >= 0.3 is 0 Å². The number of benzene rings is 1. The van der Waals surface area contributed by atoms with Gasteiger partial charge in [0, 0.05) is 17.7 Å². The van der Waals surface area contributed by atoms with E-state index < -0.39 is 0 Å². The molecule has 0 spiro atoms. The molecule has 0 radical (unpaired) electrons. The molecule has 19 heavy (non-hydrogen) atoms. The van der Waals surface area contributed by atoms with Crippen LogP contribution in [0.1, 0.15) is 25.3 Å². The van der Waals surface area contributed by atoms with Crippen molar-refractivity contribution in [2.75, 3.05) is 19.0 Å². The number of amidine groups is 1. The first-order chi connectivity index (χ1) is 9.22. The summed E-state index contributed by atoms with van der Waals surface area (Å²) in [5, 5.41) is 7.77. The van der Waals surface area contributed by atoms with Crippen molar-refractivity contribution < 1.29 is 9.47 Å². The Bertz CT molecular complexity index is 445. The zero-order valence-corrected chi connectivity index (χ0v) is 12.0. The number of thioether (sulfide) groups is 1. The summed E-state index contributed by atoms with van der Waals surface area (Å²) in [6, 6.07) is 5.84. The third kappa shape index (κ3) is 3.64. The number of hydrogen-bond acceptors (Lipinski definition) is 4. The van der Waals surface area contributed by atoms with Gasteiger partial charge in [0.25, 0.3) is 0 Å². The second-order valence-electron chi connectivity index (χ2n) is 4.41. The molecule has 0 aromatic heterocycles. The number of nitrogens with one attached hydrogen (secondary N) is 1. The van der Waals surface area contributed by atoms with E-state index in [0.717, 1.165) is 48.0 Å². The molecule has 1 aliphatic rings. The Kier molecular flexibility index (Phi) is 5.10. The third-order valence-electron chi connectivity index (χ3n) is 3.02. The van der Waals surface area contributed by atoms with Crippen molar-refractivity contribution in [3.63, 3.8) is 0 Å². The number of rotatable bonds is 5. The summed E-state index contributed by atoms with van der Waals surface area (Å²) in [6.07, 6.45) is 1.94. The monoisotopic (exact) mass is 280 g/mol. The Hall–Kier alpha value is -1.20. The van der Waals surface area contributed by atoms with Crippen LogP contribution in [0, 0.1) is 5.41 Å². The molecule has 1 heterocycles. The third-order valence-corrected chi connectivity index (χ3v) is 3.96. The van der Waals surface area contributed by atoms with Gasteiger partial charge in [-0.05, 0) is 17.9 Å². The molecule has 0 bridgehead atoms. The fourth-order valence-corrected chi connectivity index (χ4v) is 2.96. The van der Waals surface area contributed by atoms with Crippen LogP contribution in [0.5, 0.6) is 5.75 Å². The van der Waals surface area contributed by atoms with Crippen LogP contribution in [-0.4, -0.2) is 30.9 Å². The van der Waals surface area contributed by atoms with Gasteiger partial charge < -0.3 is 15.2 Å². The molecule has 0 unspecified atom stereocenters. The van der Waals surface area contributed by atoms with Gasteiger partial charge in [0.1, 0.15) is 17.7 Å². The van der Waals surface area contributed by atoms with E-state index in [1.807, 2.05) is 18.2 Å². The first-order valence-corrected chi connectivity index (χ1v) is 7.55. The van der Waals surface area contributed by atoms with Crippen molar-refractivity contribution in [3.8, 4) is 5.75 Å². The summed E-state index contributed by atoms with van der Waals surface area (Å²) in [5.41, 5.74) is 6.44. The highest BCUT2D eigenvalue weighted by Gasteiger charge is 2.19. The van der Waals surface area contributed by atoms with Crippen LogP contribution in [-0.2, 0) is 4.74 Å². The van der Waals surface area contributed by atoms with Crippen molar-refractivity contribution in [2.45, 2.75) is 30.8 Å². The van der Waals surface area contributed by atoms with Gasteiger partial charge in [-0.2, -0.15) is 0 Å². The Morgan fingerprint density at radius 2 is 2.21 bits per heavy atom. The van der Waals surface area contributed by atoms with Gasteiger partial charge in [0.05, 0.1) is 18.8 Å². The molecule has 1 aromatic rings. The Labute approximate surface area is 118 Å². The maximum atomic E-state index is 7.77. The first-order valence-electron chi connectivity index (χ1n) is 6.57. The zero-order chi connectivity index (χ0) is 13.7.